The molecule has 1 atom stereocenters. The van der Waals surface area contributed by atoms with Gasteiger partial charge in [0.15, 0.2) is 0 Å². The van der Waals surface area contributed by atoms with Gasteiger partial charge in [-0.3, -0.25) is 4.79 Å². The van der Waals surface area contributed by atoms with Crippen LogP contribution in [0.2, 0.25) is 0 Å². The fourth-order valence-corrected chi connectivity index (χ4v) is 2.39. The molecule has 1 heterocycles. The Kier molecular flexibility index (Phi) is 4.24. The average molecular weight is 314 g/mol. The number of likely N-dealkylation sites (N-methyl/N-ethyl adjacent to an activating group) is 1. The van der Waals surface area contributed by atoms with Crippen molar-refractivity contribution in [3.8, 4) is 5.75 Å². The van der Waals surface area contributed by atoms with Crippen molar-refractivity contribution in [3.63, 3.8) is 0 Å². The molecular formula is C13H16BrNO3. The molecular weight excluding hydrogens is 298 g/mol. The summed E-state index contributed by atoms with van der Waals surface area (Å²) in [6.45, 7) is 1.34. The highest BCUT2D eigenvalue weighted by atomic mass is 79.9. The van der Waals surface area contributed by atoms with Gasteiger partial charge in [0.05, 0.1) is 25.3 Å². The molecule has 0 aromatic heterocycles. The minimum Gasteiger partial charge on any atom is -0.497 e. The van der Waals surface area contributed by atoms with E-state index in [0.717, 1.165) is 17.5 Å². The van der Waals surface area contributed by atoms with Crippen molar-refractivity contribution >= 4 is 21.8 Å². The summed E-state index contributed by atoms with van der Waals surface area (Å²) in [5, 5.41) is 0. The van der Waals surface area contributed by atoms with E-state index in [1.54, 1.807) is 18.1 Å². The maximum atomic E-state index is 12.4. The van der Waals surface area contributed by atoms with Crippen LogP contribution in [0.5, 0.6) is 5.75 Å². The van der Waals surface area contributed by atoms with Crippen LogP contribution in [0.15, 0.2) is 22.7 Å². The molecule has 0 radical (unpaired) electrons. The molecule has 1 aromatic rings. The number of halogens is 1. The van der Waals surface area contributed by atoms with E-state index in [-0.39, 0.29) is 11.9 Å². The van der Waals surface area contributed by atoms with Crippen LogP contribution in [0.4, 0.5) is 0 Å². The SMILES string of the molecule is COc1ccc(Br)c(C(=O)N(C)C2CCOC2)c1. The molecule has 1 saturated heterocycles. The highest BCUT2D eigenvalue weighted by Gasteiger charge is 2.26. The van der Waals surface area contributed by atoms with Gasteiger partial charge in [-0.1, -0.05) is 0 Å². The molecule has 4 nitrogen and oxygen atoms in total. The predicted octanol–water partition coefficient (Wildman–Crippen LogP) is 2.32. The van der Waals surface area contributed by atoms with Crippen molar-refractivity contribution in [1.29, 1.82) is 0 Å². The summed E-state index contributed by atoms with van der Waals surface area (Å²) in [6.07, 6.45) is 0.893. The van der Waals surface area contributed by atoms with Gasteiger partial charge in [-0.2, -0.15) is 0 Å². The topological polar surface area (TPSA) is 38.8 Å². The Balaban J connectivity index is 2.21. The number of carbonyl (C=O) groups excluding carboxylic acids is 1. The quantitative estimate of drug-likeness (QED) is 0.859. The van der Waals surface area contributed by atoms with Gasteiger partial charge in [-0.25, -0.2) is 0 Å². The molecule has 98 valence electrons. The zero-order valence-corrected chi connectivity index (χ0v) is 12.1. The molecule has 1 amide bonds. The number of hydrogen-bond donors (Lipinski definition) is 0. The van der Waals surface area contributed by atoms with Gasteiger partial charge >= 0.3 is 0 Å². The first-order valence-electron chi connectivity index (χ1n) is 5.82. The minimum atomic E-state index is -0.0173. The lowest BCUT2D eigenvalue weighted by Gasteiger charge is -2.23. The molecule has 0 aliphatic carbocycles. The van der Waals surface area contributed by atoms with Crippen LogP contribution < -0.4 is 4.74 Å². The molecule has 0 saturated carbocycles. The number of methoxy groups -OCH3 is 1. The summed E-state index contributed by atoms with van der Waals surface area (Å²) in [7, 11) is 3.40. The summed E-state index contributed by atoms with van der Waals surface area (Å²) in [5.74, 6) is 0.661. The van der Waals surface area contributed by atoms with Gasteiger partial charge < -0.3 is 14.4 Å². The number of carbonyl (C=O) groups is 1. The van der Waals surface area contributed by atoms with Crippen LogP contribution in [0.25, 0.3) is 0 Å². The molecule has 2 rings (SSSR count). The largest absolute Gasteiger partial charge is 0.497 e. The molecule has 0 N–H and O–H groups in total. The first kappa shape index (κ1) is 13.4. The summed E-state index contributed by atoms with van der Waals surface area (Å²) < 4.78 is 11.2. The third-order valence-corrected chi connectivity index (χ3v) is 3.87. The molecule has 0 spiro atoms. The summed E-state index contributed by atoms with van der Waals surface area (Å²) in [4.78, 5) is 14.1. The van der Waals surface area contributed by atoms with Gasteiger partial charge in [0.25, 0.3) is 5.91 Å². The van der Waals surface area contributed by atoms with Gasteiger partial charge in [0, 0.05) is 18.1 Å². The Morgan fingerprint density at radius 1 is 1.56 bits per heavy atom. The van der Waals surface area contributed by atoms with Crippen LogP contribution >= 0.6 is 15.9 Å². The van der Waals surface area contributed by atoms with E-state index in [2.05, 4.69) is 15.9 Å². The number of rotatable bonds is 3. The number of ether oxygens (including phenoxy) is 2. The Labute approximate surface area is 115 Å². The van der Waals surface area contributed by atoms with Crippen LogP contribution in [0.1, 0.15) is 16.8 Å². The monoisotopic (exact) mass is 313 g/mol. The van der Waals surface area contributed by atoms with Crippen LogP contribution in [-0.2, 0) is 4.74 Å². The zero-order chi connectivity index (χ0) is 13.1. The molecule has 1 aliphatic heterocycles. The normalized spacial score (nSPS) is 18.7. The molecule has 18 heavy (non-hydrogen) atoms. The van der Waals surface area contributed by atoms with E-state index < -0.39 is 0 Å². The van der Waals surface area contributed by atoms with E-state index in [1.165, 1.54) is 0 Å². The molecule has 1 fully saturated rings. The number of nitrogens with zero attached hydrogens (tertiary/aromatic N) is 1. The molecule has 0 bridgehead atoms. The molecule has 5 heteroatoms. The third kappa shape index (κ3) is 2.67. The van der Waals surface area contributed by atoms with Gasteiger partial charge in [0.2, 0.25) is 0 Å². The lowest BCUT2D eigenvalue weighted by molar-refractivity contribution is 0.0710. The van der Waals surface area contributed by atoms with E-state index in [4.69, 9.17) is 9.47 Å². The van der Waals surface area contributed by atoms with Crippen LogP contribution in [0.3, 0.4) is 0 Å². The number of benzene rings is 1. The van der Waals surface area contributed by atoms with Crippen molar-refractivity contribution in [2.24, 2.45) is 0 Å². The summed E-state index contributed by atoms with van der Waals surface area (Å²) >= 11 is 3.40. The highest BCUT2D eigenvalue weighted by Crippen LogP contribution is 2.25. The highest BCUT2D eigenvalue weighted by molar-refractivity contribution is 9.10. The minimum absolute atomic E-state index is 0.0173. The maximum absolute atomic E-state index is 12.4. The second kappa shape index (κ2) is 5.71. The Hall–Kier alpha value is -1.07. The first-order chi connectivity index (χ1) is 8.63. The van der Waals surface area contributed by atoms with Gasteiger partial charge in [-0.15, -0.1) is 0 Å². The van der Waals surface area contributed by atoms with Crippen molar-refractivity contribution in [1.82, 2.24) is 4.90 Å². The third-order valence-electron chi connectivity index (χ3n) is 3.18. The van der Waals surface area contributed by atoms with Gasteiger partial charge in [-0.05, 0) is 40.5 Å². The van der Waals surface area contributed by atoms with E-state index in [0.29, 0.717) is 17.9 Å². The fraction of sp³-hybridized carbons (Fsp3) is 0.462. The van der Waals surface area contributed by atoms with Crippen molar-refractivity contribution in [3.05, 3.63) is 28.2 Å². The van der Waals surface area contributed by atoms with Crippen molar-refractivity contribution < 1.29 is 14.3 Å². The van der Waals surface area contributed by atoms with Crippen LogP contribution in [-0.4, -0.2) is 44.2 Å². The van der Waals surface area contributed by atoms with E-state index >= 15 is 0 Å². The fourth-order valence-electron chi connectivity index (χ4n) is 1.98. The number of amides is 1. The molecule has 1 aliphatic rings. The standard InChI is InChI=1S/C13H16BrNO3/c1-15(9-5-6-18-8-9)13(16)11-7-10(17-2)3-4-12(11)14/h3-4,7,9H,5-6,8H2,1-2H3. The average Bonchev–Trinajstić information content (AvgIpc) is 2.91. The van der Waals surface area contributed by atoms with Crippen molar-refractivity contribution in [2.45, 2.75) is 12.5 Å². The van der Waals surface area contributed by atoms with E-state index in [1.807, 2.05) is 19.2 Å². The van der Waals surface area contributed by atoms with E-state index in [9.17, 15) is 4.79 Å². The van der Waals surface area contributed by atoms with Gasteiger partial charge in [0.1, 0.15) is 5.75 Å². The number of hydrogen-bond acceptors (Lipinski definition) is 3. The Morgan fingerprint density at radius 3 is 2.94 bits per heavy atom. The van der Waals surface area contributed by atoms with Crippen molar-refractivity contribution in [2.75, 3.05) is 27.4 Å². The molecule has 1 unspecified atom stereocenters. The first-order valence-corrected chi connectivity index (χ1v) is 6.61. The van der Waals surface area contributed by atoms with Crippen LogP contribution in [0, 0.1) is 0 Å². The Bertz CT molecular complexity index is 444. The maximum Gasteiger partial charge on any atom is 0.255 e. The Morgan fingerprint density at radius 2 is 2.33 bits per heavy atom. The summed E-state index contributed by atoms with van der Waals surface area (Å²) in [6, 6.07) is 5.55. The smallest absolute Gasteiger partial charge is 0.255 e. The summed E-state index contributed by atoms with van der Waals surface area (Å²) in [5.41, 5.74) is 0.615. The predicted molar refractivity (Wildman–Crippen MR) is 72.0 cm³/mol. The molecule has 1 aromatic carbocycles. The second-order valence-corrected chi connectivity index (χ2v) is 5.13. The zero-order valence-electron chi connectivity index (χ0n) is 10.5. The lowest BCUT2D eigenvalue weighted by atomic mass is 10.1. The lowest BCUT2D eigenvalue weighted by Crippen LogP contribution is -2.37. The second-order valence-electron chi connectivity index (χ2n) is 4.28.